The third-order valence-electron chi connectivity index (χ3n) is 2.32. The summed E-state index contributed by atoms with van der Waals surface area (Å²) in [6, 6.07) is 1.27. The van der Waals surface area contributed by atoms with Crippen molar-refractivity contribution in [3.8, 4) is 0 Å². The first kappa shape index (κ1) is 10.0. The van der Waals surface area contributed by atoms with E-state index in [9.17, 15) is 20.2 Å². The molecular weight excluding hydrogens is 216 g/mol. The standard InChI is InChI=1S/C8H6N4O4/c1-4-6(11(13)14)2-5-3-9-10-7(5)8(4)12(15)16/h2-3H,1H3,(H,9,10). The molecule has 2 rings (SSSR count). The summed E-state index contributed by atoms with van der Waals surface area (Å²) in [7, 11) is 0. The van der Waals surface area contributed by atoms with Gasteiger partial charge in [0.1, 0.15) is 11.1 Å². The van der Waals surface area contributed by atoms with E-state index in [0.29, 0.717) is 5.39 Å². The Morgan fingerprint density at radius 3 is 2.56 bits per heavy atom. The molecule has 0 aliphatic rings. The Morgan fingerprint density at radius 2 is 2.00 bits per heavy atom. The Balaban J connectivity index is 2.92. The van der Waals surface area contributed by atoms with Crippen LogP contribution in [0.2, 0.25) is 0 Å². The molecule has 0 saturated carbocycles. The summed E-state index contributed by atoms with van der Waals surface area (Å²) in [6.07, 6.45) is 1.31. The molecule has 1 heterocycles. The molecule has 0 aliphatic carbocycles. The third kappa shape index (κ3) is 1.28. The van der Waals surface area contributed by atoms with Crippen molar-refractivity contribution in [3.05, 3.63) is 38.1 Å². The lowest BCUT2D eigenvalue weighted by atomic mass is 10.1. The Hall–Kier alpha value is -2.51. The van der Waals surface area contributed by atoms with Crippen molar-refractivity contribution in [2.24, 2.45) is 0 Å². The summed E-state index contributed by atoms with van der Waals surface area (Å²) in [6.45, 7) is 1.34. The van der Waals surface area contributed by atoms with Crippen LogP contribution in [0.25, 0.3) is 10.9 Å². The van der Waals surface area contributed by atoms with Crippen LogP contribution in [0.4, 0.5) is 11.4 Å². The molecule has 0 fully saturated rings. The van der Waals surface area contributed by atoms with E-state index in [1.807, 2.05) is 0 Å². The average molecular weight is 222 g/mol. The number of hydrogen-bond donors (Lipinski definition) is 1. The Kier molecular flexibility index (Phi) is 2.04. The van der Waals surface area contributed by atoms with E-state index in [1.54, 1.807) is 0 Å². The molecule has 0 amide bonds. The maximum atomic E-state index is 10.8. The van der Waals surface area contributed by atoms with Gasteiger partial charge in [-0.2, -0.15) is 5.10 Å². The highest BCUT2D eigenvalue weighted by atomic mass is 16.6. The van der Waals surface area contributed by atoms with E-state index in [2.05, 4.69) is 10.2 Å². The first-order chi connectivity index (χ1) is 7.52. The van der Waals surface area contributed by atoms with Crippen LogP contribution < -0.4 is 0 Å². The third-order valence-corrected chi connectivity index (χ3v) is 2.32. The van der Waals surface area contributed by atoms with Crippen molar-refractivity contribution in [3.63, 3.8) is 0 Å². The minimum Gasteiger partial charge on any atom is -0.271 e. The second-order valence-corrected chi connectivity index (χ2v) is 3.22. The summed E-state index contributed by atoms with van der Waals surface area (Å²) in [5.74, 6) is 0. The topological polar surface area (TPSA) is 115 Å². The fourth-order valence-corrected chi connectivity index (χ4v) is 1.58. The van der Waals surface area contributed by atoms with Gasteiger partial charge in [0, 0.05) is 11.5 Å². The molecule has 0 spiro atoms. The smallest absolute Gasteiger partial charge is 0.271 e. The van der Waals surface area contributed by atoms with Crippen LogP contribution in [0, 0.1) is 27.2 Å². The molecule has 0 bridgehead atoms. The van der Waals surface area contributed by atoms with Crippen molar-refractivity contribution in [1.82, 2.24) is 10.2 Å². The minimum absolute atomic E-state index is 0.0201. The van der Waals surface area contributed by atoms with Crippen LogP contribution in [-0.2, 0) is 0 Å². The van der Waals surface area contributed by atoms with Crippen molar-refractivity contribution in [2.75, 3.05) is 0 Å². The number of fused-ring (bicyclic) bond motifs is 1. The second kappa shape index (κ2) is 3.26. The quantitative estimate of drug-likeness (QED) is 0.613. The SMILES string of the molecule is Cc1c([N+](=O)[O-])cc2cn[nH]c2c1[N+](=O)[O-]. The van der Waals surface area contributed by atoms with E-state index < -0.39 is 9.85 Å². The van der Waals surface area contributed by atoms with E-state index in [0.717, 1.165) is 0 Å². The van der Waals surface area contributed by atoms with Gasteiger partial charge in [-0.25, -0.2) is 0 Å². The Bertz CT molecular complexity index is 603. The molecule has 8 heteroatoms. The lowest BCUT2D eigenvalue weighted by Crippen LogP contribution is -1.98. The Morgan fingerprint density at radius 1 is 1.31 bits per heavy atom. The lowest BCUT2D eigenvalue weighted by molar-refractivity contribution is -0.394. The van der Waals surface area contributed by atoms with Gasteiger partial charge < -0.3 is 0 Å². The van der Waals surface area contributed by atoms with E-state index in [1.165, 1.54) is 19.2 Å². The van der Waals surface area contributed by atoms with Gasteiger partial charge >= 0.3 is 5.69 Å². The van der Waals surface area contributed by atoms with Gasteiger partial charge in [-0.05, 0) is 6.92 Å². The average Bonchev–Trinajstić information content (AvgIpc) is 2.62. The van der Waals surface area contributed by atoms with Crippen LogP contribution in [-0.4, -0.2) is 20.0 Å². The summed E-state index contributed by atoms with van der Waals surface area (Å²) in [4.78, 5) is 20.3. The number of nitrogens with one attached hydrogen (secondary N) is 1. The van der Waals surface area contributed by atoms with Gasteiger partial charge in [-0.15, -0.1) is 0 Å². The molecule has 1 N–H and O–H groups in total. The first-order valence-corrected chi connectivity index (χ1v) is 4.28. The maximum absolute atomic E-state index is 10.8. The number of nitro benzene ring substituents is 2. The summed E-state index contributed by atoms with van der Waals surface area (Å²) < 4.78 is 0. The highest BCUT2D eigenvalue weighted by Crippen LogP contribution is 2.34. The number of rotatable bonds is 2. The van der Waals surface area contributed by atoms with E-state index >= 15 is 0 Å². The maximum Gasteiger partial charge on any atom is 0.304 e. The molecular formula is C8H6N4O4. The lowest BCUT2D eigenvalue weighted by Gasteiger charge is -1.99. The summed E-state index contributed by atoms with van der Waals surface area (Å²) in [5.41, 5.74) is -0.359. The second-order valence-electron chi connectivity index (χ2n) is 3.22. The number of aromatic amines is 1. The highest BCUT2D eigenvalue weighted by molar-refractivity contribution is 5.91. The van der Waals surface area contributed by atoms with Crippen molar-refractivity contribution < 1.29 is 9.85 Å². The van der Waals surface area contributed by atoms with E-state index in [-0.39, 0.29) is 22.5 Å². The predicted molar refractivity (Wildman–Crippen MR) is 54.1 cm³/mol. The summed E-state index contributed by atoms with van der Waals surface area (Å²) in [5, 5.41) is 28.0. The van der Waals surface area contributed by atoms with Crippen LogP contribution in [0.1, 0.15) is 5.56 Å². The number of aromatic nitrogens is 2. The predicted octanol–water partition coefficient (Wildman–Crippen LogP) is 1.69. The zero-order chi connectivity index (χ0) is 11.9. The molecule has 0 unspecified atom stereocenters. The zero-order valence-electron chi connectivity index (χ0n) is 8.13. The molecule has 8 nitrogen and oxygen atoms in total. The minimum atomic E-state index is -0.650. The number of hydrogen-bond acceptors (Lipinski definition) is 5. The van der Waals surface area contributed by atoms with Gasteiger partial charge in [-0.3, -0.25) is 25.3 Å². The molecule has 82 valence electrons. The zero-order valence-corrected chi connectivity index (χ0v) is 8.13. The van der Waals surface area contributed by atoms with Gasteiger partial charge in [0.05, 0.1) is 16.0 Å². The molecule has 1 aromatic heterocycles. The number of benzene rings is 1. The largest absolute Gasteiger partial charge is 0.304 e. The van der Waals surface area contributed by atoms with E-state index in [4.69, 9.17) is 0 Å². The molecule has 0 radical (unpaired) electrons. The molecule has 1 aromatic carbocycles. The molecule has 0 aliphatic heterocycles. The van der Waals surface area contributed by atoms with Crippen molar-refractivity contribution >= 4 is 22.3 Å². The summed E-state index contributed by atoms with van der Waals surface area (Å²) >= 11 is 0. The van der Waals surface area contributed by atoms with Crippen LogP contribution in [0.15, 0.2) is 12.3 Å². The monoisotopic (exact) mass is 222 g/mol. The highest BCUT2D eigenvalue weighted by Gasteiger charge is 2.26. The van der Waals surface area contributed by atoms with Gasteiger partial charge in [0.15, 0.2) is 0 Å². The molecule has 0 atom stereocenters. The molecule has 16 heavy (non-hydrogen) atoms. The van der Waals surface area contributed by atoms with Gasteiger partial charge in [0.25, 0.3) is 5.69 Å². The van der Waals surface area contributed by atoms with Gasteiger partial charge in [-0.1, -0.05) is 0 Å². The van der Waals surface area contributed by atoms with Gasteiger partial charge in [0.2, 0.25) is 0 Å². The number of nitrogens with zero attached hydrogens (tertiary/aromatic N) is 3. The van der Waals surface area contributed by atoms with Crippen LogP contribution in [0.3, 0.4) is 0 Å². The molecule has 2 aromatic rings. The van der Waals surface area contributed by atoms with Crippen molar-refractivity contribution in [1.29, 1.82) is 0 Å². The Labute approximate surface area is 88.2 Å². The number of nitro groups is 2. The van der Waals surface area contributed by atoms with Crippen molar-refractivity contribution in [2.45, 2.75) is 6.92 Å². The van der Waals surface area contributed by atoms with Crippen LogP contribution >= 0.6 is 0 Å². The molecule has 0 saturated heterocycles. The first-order valence-electron chi connectivity index (χ1n) is 4.28. The van der Waals surface area contributed by atoms with Crippen LogP contribution in [0.5, 0.6) is 0 Å². The fourth-order valence-electron chi connectivity index (χ4n) is 1.58. The number of H-pyrrole nitrogens is 1. The normalized spacial score (nSPS) is 10.6. The fraction of sp³-hybridized carbons (Fsp3) is 0.125.